The molecule has 0 radical (unpaired) electrons. The second-order valence-electron chi connectivity index (χ2n) is 15.1. The van der Waals surface area contributed by atoms with Crippen LogP contribution < -0.4 is 39.8 Å². The molecule has 0 heterocycles. The van der Waals surface area contributed by atoms with E-state index in [-0.39, 0.29) is 74.5 Å². The van der Waals surface area contributed by atoms with Gasteiger partial charge in [0.2, 0.25) is 0 Å². The molecule has 0 fully saturated rings. The average molecular weight is 859 g/mol. The zero-order chi connectivity index (χ0) is 43.6. The van der Waals surface area contributed by atoms with Crippen LogP contribution in [0.25, 0.3) is 34.4 Å². The SMILES string of the molecule is CCOC(=O)Cc1ccccc1OCc1cc2c(c(-c3cc(F)cc(CN)c3)c1)C=CC2.NCc1cc(F)cc(-c2cc(COc3ccccc3CC(=O)O)cc3c2C=CC3)c1.[Li+].[OH-]. The molecule has 324 valence electrons. The first-order valence-electron chi connectivity index (χ1n) is 20.5. The molecule has 0 unspecified atom stereocenters. The summed E-state index contributed by atoms with van der Waals surface area (Å²) in [5.41, 5.74) is 24.3. The molecule has 0 amide bonds. The molecule has 6 N–H and O–H groups in total. The molecule has 0 saturated heterocycles. The van der Waals surface area contributed by atoms with Crippen LogP contribution >= 0.6 is 0 Å². The molecule has 0 aromatic heterocycles. The zero-order valence-electron chi connectivity index (χ0n) is 35.9. The van der Waals surface area contributed by atoms with E-state index in [9.17, 15) is 18.4 Å². The van der Waals surface area contributed by atoms with E-state index in [4.69, 9.17) is 30.8 Å². The number of carboxylic acids is 1. The number of hydrogen-bond acceptors (Lipinski definition) is 8. The number of hydrogen-bond donors (Lipinski definition) is 3. The summed E-state index contributed by atoms with van der Waals surface area (Å²) in [6, 6.07) is 32.7. The molecule has 12 heteroatoms. The van der Waals surface area contributed by atoms with E-state index in [0.717, 1.165) is 79.6 Å². The smallest absolute Gasteiger partial charge is 0.870 e. The van der Waals surface area contributed by atoms with Crippen LogP contribution in [0.1, 0.15) is 62.6 Å². The van der Waals surface area contributed by atoms with Crippen LogP contribution in [-0.2, 0) is 66.3 Å². The predicted molar refractivity (Wildman–Crippen MR) is 240 cm³/mol. The maximum atomic E-state index is 14.2. The number of para-hydroxylation sites is 2. The number of carboxylic acid groups (broad SMARTS) is 1. The molecule has 9 nitrogen and oxygen atoms in total. The fourth-order valence-corrected chi connectivity index (χ4v) is 7.82. The minimum atomic E-state index is -0.904. The van der Waals surface area contributed by atoms with Crippen molar-refractivity contribution in [2.75, 3.05) is 6.61 Å². The Kier molecular flexibility index (Phi) is 17.4. The van der Waals surface area contributed by atoms with Crippen molar-refractivity contribution < 1.29 is 62.0 Å². The Morgan fingerprint density at radius 2 is 1.08 bits per heavy atom. The molecule has 2 aliphatic rings. The summed E-state index contributed by atoms with van der Waals surface area (Å²) in [5.74, 6) is -0.593. The number of ether oxygens (including phenoxy) is 3. The van der Waals surface area contributed by atoms with Crippen molar-refractivity contribution in [1.29, 1.82) is 0 Å². The summed E-state index contributed by atoms with van der Waals surface area (Å²) in [6.07, 6.45) is 10.0. The van der Waals surface area contributed by atoms with E-state index in [1.165, 1.54) is 23.8 Å². The Hall–Kier alpha value is -6.32. The minimum Gasteiger partial charge on any atom is -0.870 e. The second kappa shape index (κ2) is 22.9. The molecule has 0 atom stereocenters. The molecule has 0 aliphatic heterocycles. The Morgan fingerprint density at radius 1 is 0.625 bits per heavy atom. The summed E-state index contributed by atoms with van der Waals surface area (Å²) in [7, 11) is 0. The molecule has 6 aromatic carbocycles. The van der Waals surface area contributed by atoms with Gasteiger partial charge in [-0.2, -0.15) is 0 Å². The molecule has 0 spiro atoms. The first kappa shape index (κ1) is 48.7. The Labute approximate surface area is 383 Å². The molecular weight excluding hydrogens is 810 g/mol. The van der Waals surface area contributed by atoms with Crippen molar-refractivity contribution in [2.45, 2.75) is 58.9 Å². The number of allylic oxidation sites excluding steroid dienone is 2. The molecule has 8 rings (SSSR count). The van der Waals surface area contributed by atoms with Crippen LogP contribution in [0.5, 0.6) is 11.5 Å². The van der Waals surface area contributed by atoms with Crippen LogP contribution in [0.2, 0.25) is 0 Å². The van der Waals surface area contributed by atoms with Gasteiger partial charge in [0.1, 0.15) is 36.3 Å². The van der Waals surface area contributed by atoms with Gasteiger partial charge in [-0.05, 0) is 147 Å². The van der Waals surface area contributed by atoms with Gasteiger partial charge in [0.25, 0.3) is 0 Å². The zero-order valence-corrected chi connectivity index (χ0v) is 35.9. The number of aliphatic carboxylic acids is 1. The maximum absolute atomic E-state index is 14.2. The van der Waals surface area contributed by atoms with E-state index in [2.05, 4.69) is 36.4 Å². The molecule has 0 saturated carbocycles. The van der Waals surface area contributed by atoms with Gasteiger partial charge >= 0.3 is 30.8 Å². The van der Waals surface area contributed by atoms with E-state index < -0.39 is 5.97 Å². The van der Waals surface area contributed by atoms with Gasteiger partial charge < -0.3 is 36.3 Å². The van der Waals surface area contributed by atoms with Gasteiger partial charge in [0.05, 0.1) is 19.4 Å². The van der Waals surface area contributed by atoms with Gasteiger partial charge in [-0.15, -0.1) is 0 Å². The third-order valence-electron chi connectivity index (χ3n) is 10.6. The standard InChI is InChI=1S/C27H26FNO3.C25H22FNO3.Li.H2O/c1-2-31-27(30)15-21-6-3-4-9-26(21)32-17-19-11-20-7-5-8-24(20)25(13-19)22-10-18(16-29)12-23(28)14-22;26-21-10-16(14-27)8-20(12-21)23-11-17(9-18-5-3-6-22(18)23)15-30-24-7-2-1-4-19(24)13-25(28)29;;/h3-6,8-14H,2,7,15-17,29H2,1H3;1-4,6-12H,5,13-15,27H2,(H,28,29);;1H2/q;;+1;/p-1. The van der Waals surface area contributed by atoms with Crippen molar-refractivity contribution in [3.8, 4) is 33.8 Å². The number of carbonyl (C=O) groups is 2. The number of nitrogens with two attached hydrogens (primary N) is 2. The van der Waals surface area contributed by atoms with E-state index in [1.807, 2.05) is 54.6 Å². The van der Waals surface area contributed by atoms with E-state index in [0.29, 0.717) is 30.3 Å². The van der Waals surface area contributed by atoms with Gasteiger partial charge in [-0.1, -0.05) is 72.8 Å². The largest absolute Gasteiger partial charge is 1.00 e. The van der Waals surface area contributed by atoms with Gasteiger partial charge in [0.15, 0.2) is 0 Å². The third kappa shape index (κ3) is 12.2. The van der Waals surface area contributed by atoms with Crippen molar-refractivity contribution in [3.05, 3.63) is 189 Å². The van der Waals surface area contributed by atoms with E-state index in [1.54, 1.807) is 31.2 Å². The number of esters is 1. The first-order valence-corrected chi connectivity index (χ1v) is 20.5. The monoisotopic (exact) mass is 858 g/mol. The molecule has 64 heavy (non-hydrogen) atoms. The summed E-state index contributed by atoms with van der Waals surface area (Å²) in [4.78, 5) is 23.0. The van der Waals surface area contributed by atoms with Crippen molar-refractivity contribution in [3.63, 3.8) is 0 Å². The van der Waals surface area contributed by atoms with Gasteiger partial charge in [-0.3, -0.25) is 9.59 Å². The molecule has 2 aliphatic carbocycles. The third-order valence-corrected chi connectivity index (χ3v) is 10.6. The minimum absolute atomic E-state index is 0. The number of rotatable bonds is 15. The number of carbonyl (C=O) groups excluding carboxylic acids is 1. The van der Waals surface area contributed by atoms with Crippen LogP contribution in [-0.4, -0.2) is 29.1 Å². The fraction of sp³-hybridized carbons (Fsp3) is 0.192. The van der Waals surface area contributed by atoms with Gasteiger partial charge in [0, 0.05) is 24.2 Å². The second-order valence-corrected chi connectivity index (χ2v) is 15.1. The fourth-order valence-electron chi connectivity index (χ4n) is 7.82. The molecule has 6 aromatic rings. The predicted octanol–water partition coefficient (Wildman–Crippen LogP) is 6.76. The van der Waals surface area contributed by atoms with E-state index >= 15 is 0 Å². The van der Waals surface area contributed by atoms with Gasteiger partial charge in [-0.25, -0.2) is 8.78 Å². The van der Waals surface area contributed by atoms with Crippen molar-refractivity contribution >= 4 is 24.1 Å². The number of fused-ring (bicyclic) bond motifs is 2. The number of benzene rings is 6. The molecular formula is C52H49F2LiN2O7. The van der Waals surface area contributed by atoms with Crippen LogP contribution in [0.15, 0.2) is 121 Å². The summed E-state index contributed by atoms with van der Waals surface area (Å²) >= 11 is 0. The Balaban J connectivity index is 0.000000234. The quantitative estimate of drug-likeness (QED) is 0.0748. The van der Waals surface area contributed by atoms with Crippen LogP contribution in [0.3, 0.4) is 0 Å². The summed E-state index contributed by atoms with van der Waals surface area (Å²) < 4.78 is 45.4. The summed E-state index contributed by atoms with van der Waals surface area (Å²) in [6.45, 7) is 3.30. The Bertz CT molecular complexity index is 2680. The molecule has 0 bridgehead atoms. The number of halogens is 2. The Morgan fingerprint density at radius 3 is 1.52 bits per heavy atom. The van der Waals surface area contributed by atoms with Crippen LogP contribution in [0, 0.1) is 11.6 Å². The average Bonchev–Trinajstić information content (AvgIpc) is 3.95. The first-order chi connectivity index (χ1) is 30.1. The summed E-state index contributed by atoms with van der Waals surface area (Å²) in [5, 5.41) is 9.11. The van der Waals surface area contributed by atoms with Crippen molar-refractivity contribution in [1.82, 2.24) is 0 Å². The topological polar surface area (TPSA) is 164 Å². The normalized spacial score (nSPS) is 11.6. The van der Waals surface area contributed by atoms with Crippen molar-refractivity contribution in [2.24, 2.45) is 11.5 Å². The van der Waals surface area contributed by atoms with Crippen LogP contribution in [0.4, 0.5) is 8.78 Å². The maximum Gasteiger partial charge on any atom is 1.00 e.